The van der Waals surface area contributed by atoms with Crippen molar-refractivity contribution in [2.45, 2.75) is 33.3 Å². The molecule has 3 aromatic carbocycles. The average molecular weight is 517 g/mol. The van der Waals surface area contributed by atoms with Crippen molar-refractivity contribution >= 4 is 23.5 Å². The SMILES string of the molecule is CC.O=C(NCC1CCN(C2=NC(c3ccccc3O)=Nc3ccc(F)cc3C2)C1)OCc1ccccc1. The molecule has 1 atom stereocenters. The van der Waals surface area contributed by atoms with Crippen molar-refractivity contribution in [3.05, 3.63) is 95.3 Å². The van der Waals surface area contributed by atoms with Crippen LogP contribution in [0.3, 0.4) is 0 Å². The summed E-state index contributed by atoms with van der Waals surface area (Å²) in [4.78, 5) is 23.8. The van der Waals surface area contributed by atoms with E-state index in [-0.39, 0.29) is 24.1 Å². The van der Waals surface area contributed by atoms with Gasteiger partial charge >= 0.3 is 6.09 Å². The number of halogens is 1. The number of alkyl carbamates (subject to hydrolysis) is 1. The highest BCUT2D eigenvalue weighted by Gasteiger charge is 2.28. The number of nitrogens with zero attached hydrogens (tertiary/aromatic N) is 3. The Bertz CT molecular complexity index is 1310. The lowest BCUT2D eigenvalue weighted by molar-refractivity contribution is 0.138. The summed E-state index contributed by atoms with van der Waals surface area (Å²) >= 11 is 0. The van der Waals surface area contributed by atoms with Gasteiger partial charge in [-0.15, -0.1) is 0 Å². The number of ether oxygens (including phenoxy) is 1. The summed E-state index contributed by atoms with van der Waals surface area (Å²) in [6.45, 7) is 6.16. The van der Waals surface area contributed by atoms with Gasteiger partial charge in [0, 0.05) is 26.1 Å². The smallest absolute Gasteiger partial charge is 0.407 e. The van der Waals surface area contributed by atoms with Crippen LogP contribution in [0.1, 0.15) is 37.0 Å². The Morgan fingerprint density at radius 1 is 1.08 bits per heavy atom. The number of hydrogen-bond donors (Lipinski definition) is 2. The number of nitrogens with one attached hydrogen (secondary N) is 1. The summed E-state index contributed by atoms with van der Waals surface area (Å²) in [7, 11) is 0. The predicted molar refractivity (Wildman–Crippen MR) is 148 cm³/mol. The van der Waals surface area contributed by atoms with Crippen LogP contribution in [0.25, 0.3) is 0 Å². The summed E-state index contributed by atoms with van der Waals surface area (Å²) in [5.74, 6) is 1.13. The number of likely N-dealkylation sites (tertiary alicyclic amines) is 1. The Kier molecular flexibility index (Phi) is 9.08. The molecule has 1 amide bonds. The molecule has 0 aliphatic carbocycles. The zero-order valence-corrected chi connectivity index (χ0v) is 21.7. The number of carbonyl (C=O) groups is 1. The first-order valence-electron chi connectivity index (χ1n) is 13.0. The summed E-state index contributed by atoms with van der Waals surface area (Å²) < 4.78 is 19.3. The van der Waals surface area contributed by atoms with E-state index in [1.54, 1.807) is 24.3 Å². The Hall–Kier alpha value is -4.20. The molecule has 0 aromatic heterocycles. The van der Waals surface area contributed by atoms with Crippen LogP contribution >= 0.6 is 0 Å². The first-order valence-corrected chi connectivity index (χ1v) is 13.0. The van der Waals surface area contributed by atoms with Crippen LogP contribution in [0.5, 0.6) is 5.75 Å². The van der Waals surface area contributed by atoms with Crippen molar-refractivity contribution in [2.24, 2.45) is 15.9 Å². The van der Waals surface area contributed by atoms with E-state index in [1.807, 2.05) is 50.2 Å². The molecule has 1 saturated heterocycles. The van der Waals surface area contributed by atoms with E-state index < -0.39 is 6.09 Å². The number of phenols is 1. The molecule has 2 heterocycles. The number of carbonyl (C=O) groups excluding carboxylic acids is 1. The Morgan fingerprint density at radius 3 is 2.63 bits per heavy atom. The third-order valence-corrected chi connectivity index (χ3v) is 6.40. The van der Waals surface area contributed by atoms with Gasteiger partial charge in [-0.25, -0.2) is 19.2 Å². The van der Waals surface area contributed by atoms with E-state index in [0.29, 0.717) is 36.6 Å². The van der Waals surface area contributed by atoms with Crippen LogP contribution < -0.4 is 5.32 Å². The molecule has 7 nitrogen and oxygen atoms in total. The molecule has 0 bridgehead atoms. The van der Waals surface area contributed by atoms with Gasteiger partial charge in [0.25, 0.3) is 0 Å². The summed E-state index contributed by atoms with van der Waals surface area (Å²) in [6.07, 6.45) is 0.854. The lowest BCUT2D eigenvalue weighted by Gasteiger charge is -2.21. The highest BCUT2D eigenvalue weighted by molar-refractivity contribution is 6.10. The van der Waals surface area contributed by atoms with Crippen LogP contribution in [0, 0.1) is 11.7 Å². The molecule has 2 N–H and O–H groups in total. The minimum absolute atomic E-state index is 0.0856. The first-order chi connectivity index (χ1) is 18.5. The summed E-state index contributed by atoms with van der Waals surface area (Å²) in [6, 6.07) is 21.0. The molecule has 198 valence electrons. The summed E-state index contributed by atoms with van der Waals surface area (Å²) in [5.41, 5.74) is 2.83. The number of para-hydroxylation sites is 1. The van der Waals surface area contributed by atoms with Gasteiger partial charge in [-0.3, -0.25) is 0 Å². The molecule has 0 spiro atoms. The molecule has 5 rings (SSSR count). The van der Waals surface area contributed by atoms with E-state index in [0.717, 1.165) is 29.9 Å². The lowest BCUT2D eigenvalue weighted by Crippen LogP contribution is -2.34. The van der Waals surface area contributed by atoms with E-state index in [4.69, 9.17) is 9.73 Å². The quantitative estimate of drug-likeness (QED) is 0.446. The van der Waals surface area contributed by atoms with E-state index in [9.17, 15) is 14.3 Å². The monoisotopic (exact) mass is 516 g/mol. The molecule has 2 aliphatic rings. The second-order valence-corrected chi connectivity index (χ2v) is 8.97. The Labute approximate surface area is 222 Å². The van der Waals surface area contributed by atoms with Crippen molar-refractivity contribution in [3.8, 4) is 5.75 Å². The molecule has 0 saturated carbocycles. The maximum absolute atomic E-state index is 14.0. The summed E-state index contributed by atoms with van der Waals surface area (Å²) in [5, 5.41) is 13.3. The number of amides is 1. The van der Waals surface area contributed by atoms with E-state index >= 15 is 0 Å². The fraction of sp³-hybridized carbons (Fsp3) is 0.300. The van der Waals surface area contributed by atoms with Gasteiger partial charge in [-0.05, 0) is 53.8 Å². The van der Waals surface area contributed by atoms with Crippen molar-refractivity contribution in [2.75, 3.05) is 19.6 Å². The maximum Gasteiger partial charge on any atom is 0.407 e. The minimum atomic E-state index is -0.442. The molecule has 2 aliphatic heterocycles. The van der Waals surface area contributed by atoms with E-state index in [2.05, 4.69) is 15.2 Å². The fourth-order valence-corrected chi connectivity index (χ4v) is 4.48. The van der Waals surface area contributed by atoms with Gasteiger partial charge in [0.2, 0.25) is 0 Å². The fourth-order valence-electron chi connectivity index (χ4n) is 4.48. The van der Waals surface area contributed by atoms with E-state index in [1.165, 1.54) is 12.1 Å². The molecule has 8 heteroatoms. The molecular weight excluding hydrogens is 483 g/mol. The van der Waals surface area contributed by atoms with Crippen molar-refractivity contribution in [1.29, 1.82) is 0 Å². The number of amidine groups is 2. The van der Waals surface area contributed by atoms with Crippen LogP contribution in [0.2, 0.25) is 0 Å². The standard InChI is InChI=1S/C28H27FN4O3.C2H6/c29-22-10-11-24-21(14-22)15-26(32-27(31-24)23-8-4-5-9-25(23)34)33-13-12-20(17-33)16-30-28(35)36-18-19-6-2-1-3-7-19;1-2/h1-11,14,20,34H,12-13,15-18H2,(H,30,35);1-2H3. The molecule has 1 unspecified atom stereocenters. The molecule has 3 aromatic rings. The highest BCUT2D eigenvalue weighted by atomic mass is 19.1. The Balaban J connectivity index is 0.00000164. The zero-order valence-electron chi connectivity index (χ0n) is 21.7. The van der Waals surface area contributed by atoms with Crippen LogP contribution in [0.4, 0.5) is 14.9 Å². The number of fused-ring (bicyclic) bond motifs is 1. The third-order valence-electron chi connectivity index (χ3n) is 6.40. The average Bonchev–Trinajstić information content (AvgIpc) is 3.34. The lowest BCUT2D eigenvalue weighted by atomic mass is 10.1. The predicted octanol–water partition coefficient (Wildman–Crippen LogP) is 5.84. The second kappa shape index (κ2) is 12.9. The number of rotatable bonds is 5. The molecule has 38 heavy (non-hydrogen) atoms. The van der Waals surface area contributed by atoms with Crippen LogP contribution in [-0.4, -0.2) is 47.4 Å². The highest BCUT2D eigenvalue weighted by Crippen LogP contribution is 2.29. The van der Waals surface area contributed by atoms with Crippen molar-refractivity contribution in [1.82, 2.24) is 10.2 Å². The number of aromatic hydroxyl groups is 1. The number of aliphatic imine (C=N–C) groups is 2. The number of hydrogen-bond acceptors (Lipinski definition) is 6. The van der Waals surface area contributed by atoms with Crippen molar-refractivity contribution in [3.63, 3.8) is 0 Å². The zero-order chi connectivity index (χ0) is 26.9. The number of benzene rings is 3. The van der Waals surface area contributed by atoms with Crippen LogP contribution in [-0.2, 0) is 17.8 Å². The van der Waals surface area contributed by atoms with Gasteiger partial charge in [0.15, 0.2) is 5.84 Å². The largest absolute Gasteiger partial charge is 0.507 e. The minimum Gasteiger partial charge on any atom is -0.507 e. The van der Waals surface area contributed by atoms with Gasteiger partial charge in [-0.1, -0.05) is 56.3 Å². The van der Waals surface area contributed by atoms with Gasteiger partial charge in [-0.2, -0.15) is 0 Å². The Morgan fingerprint density at radius 2 is 1.84 bits per heavy atom. The molecular formula is C30H33FN4O3. The topological polar surface area (TPSA) is 86.5 Å². The first kappa shape index (κ1) is 26.9. The van der Waals surface area contributed by atoms with Crippen LogP contribution in [0.15, 0.2) is 82.8 Å². The van der Waals surface area contributed by atoms with Gasteiger partial charge in [0.1, 0.15) is 24.0 Å². The number of phenolic OH excluding ortho intramolecular Hbond substituents is 1. The van der Waals surface area contributed by atoms with Gasteiger partial charge in [0.05, 0.1) is 11.3 Å². The van der Waals surface area contributed by atoms with Crippen molar-refractivity contribution < 1.29 is 19.0 Å². The van der Waals surface area contributed by atoms with Gasteiger partial charge < -0.3 is 20.1 Å². The third kappa shape index (κ3) is 6.76. The molecule has 0 radical (unpaired) electrons. The molecule has 1 fully saturated rings. The second-order valence-electron chi connectivity index (χ2n) is 8.97. The maximum atomic E-state index is 14.0. The normalized spacial score (nSPS) is 16.3.